The minimum Gasteiger partial charge on any atom is -0.352 e. The Labute approximate surface area is 127 Å². The second-order valence-corrected chi connectivity index (χ2v) is 5.66. The van der Waals surface area contributed by atoms with E-state index < -0.39 is 0 Å². The van der Waals surface area contributed by atoms with E-state index >= 15 is 0 Å². The third-order valence-electron chi connectivity index (χ3n) is 3.85. The molecule has 1 heterocycles. The van der Waals surface area contributed by atoms with Gasteiger partial charge in [0, 0.05) is 31.8 Å². The molecule has 0 aliphatic carbocycles. The molecule has 0 atom stereocenters. The molecule has 1 aromatic rings. The van der Waals surface area contributed by atoms with Gasteiger partial charge in [-0.1, -0.05) is 30.3 Å². The first-order valence-electron chi connectivity index (χ1n) is 7.57. The summed E-state index contributed by atoms with van der Waals surface area (Å²) < 4.78 is 0. The fourth-order valence-electron chi connectivity index (χ4n) is 2.33. The van der Waals surface area contributed by atoms with E-state index in [1.807, 2.05) is 13.0 Å². The van der Waals surface area contributed by atoms with Crippen molar-refractivity contribution >= 4 is 5.91 Å². The highest BCUT2D eigenvalue weighted by molar-refractivity contribution is 5.93. The minimum atomic E-state index is 0.0808. The molecule has 4 nitrogen and oxygen atoms in total. The summed E-state index contributed by atoms with van der Waals surface area (Å²) in [4.78, 5) is 14.2. The van der Waals surface area contributed by atoms with Crippen molar-refractivity contribution < 1.29 is 4.79 Å². The van der Waals surface area contributed by atoms with E-state index in [9.17, 15) is 4.79 Å². The van der Waals surface area contributed by atoms with Crippen LogP contribution in [-0.2, 0) is 11.3 Å². The Hall–Kier alpha value is -1.65. The van der Waals surface area contributed by atoms with Gasteiger partial charge in [-0.15, -0.1) is 0 Å². The average molecular weight is 287 g/mol. The van der Waals surface area contributed by atoms with Crippen molar-refractivity contribution in [2.24, 2.45) is 0 Å². The summed E-state index contributed by atoms with van der Waals surface area (Å²) in [5.74, 6) is 0.0808. The Morgan fingerprint density at radius 1 is 1.29 bits per heavy atom. The minimum absolute atomic E-state index is 0.0808. The summed E-state index contributed by atoms with van der Waals surface area (Å²) in [5.41, 5.74) is 3.43. The van der Waals surface area contributed by atoms with Crippen LogP contribution in [-0.4, -0.2) is 44.0 Å². The van der Waals surface area contributed by atoms with Gasteiger partial charge in [0.25, 0.3) is 0 Å². The molecule has 1 aromatic carbocycles. The lowest BCUT2D eigenvalue weighted by atomic mass is 10.0. The maximum Gasteiger partial charge on any atom is 0.246 e. The third kappa shape index (κ3) is 4.99. The predicted octanol–water partition coefficient (Wildman–Crippen LogP) is 1.54. The van der Waals surface area contributed by atoms with Crippen molar-refractivity contribution in [3.63, 3.8) is 0 Å². The molecular weight excluding hydrogens is 262 g/mol. The monoisotopic (exact) mass is 287 g/mol. The van der Waals surface area contributed by atoms with Gasteiger partial charge >= 0.3 is 0 Å². The highest BCUT2D eigenvalue weighted by Gasteiger charge is 2.15. The van der Waals surface area contributed by atoms with Gasteiger partial charge < -0.3 is 15.5 Å². The molecule has 114 valence electrons. The van der Waals surface area contributed by atoms with Crippen molar-refractivity contribution in [3.05, 3.63) is 47.0 Å². The molecule has 1 amide bonds. The first-order valence-corrected chi connectivity index (χ1v) is 7.57. The van der Waals surface area contributed by atoms with Crippen LogP contribution in [0, 0.1) is 0 Å². The van der Waals surface area contributed by atoms with Crippen LogP contribution in [0.2, 0.25) is 0 Å². The van der Waals surface area contributed by atoms with Crippen molar-refractivity contribution in [3.8, 4) is 0 Å². The van der Waals surface area contributed by atoms with Crippen LogP contribution >= 0.6 is 0 Å². The summed E-state index contributed by atoms with van der Waals surface area (Å²) in [7, 11) is 2.11. The van der Waals surface area contributed by atoms with Gasteiger partial charge in [0.2, 0.25) is 5.91 Å². The summed E-state index contributed by atoms with van der Waals surface area (Å²) in [6, 6.07) is 10.4. The zero-order chi connectivity index (χ0) is 15.1. The first kappa shape index (κ1) is 15.7. The van der Waals surface area contributed by atoms with E-state index in [1.54, 1.807) is 0 Å². The van der Waals surface area contributed by atoms with Gasteiger partial charge in [-0.3, -0.25) is 4.79 Å². The van der Waals surface area contributed by atoms with Crippen LogP contribution in [0.1, 0.15) is 18.9 Å². The van der Waals surface area contributed by atoms with Gasteiger partial charge in [-0.25, -0.2) is 0 Å². The lowest BCUT2D eigenvalue weighted by molar-refractivity contribution is -0.117. The maximum absolute atomic E-state index is 11.9. The quantitative estimate of drug-likeness (QED) is 0.591. The number of rotatable bonds is 7. The molecule has 1 aliphatic rings. The molecule has 1 fully saturated rings. The topological polar surface area (TPSA) is 44.4 Å². The fraction of sp³-hybridized carbons (Fsp3) is 0.471. The van der Waals surface area contributed by atoms with E-state index in [0.717, 1.165) is 44.7 Å². The average Bonchev–Trinajstić information content (AvgIpc) is 2.42. The Kier molecular flexibility index (Phi) is 5.96. The van der Waals surface area contributed by atoms with Gasteiger partial charge in [0.1, 0.15) is 0 Å². The molecule has 4 heteroatoms. The molecule has 0 aromatic heterocycles. The molecule has 2 N–H and O–H groups in total. The molecule has 0 unspecified atom stereocenters. The Morgan fingerprint density at radius 2 is 2.00 bits per heavy atom. The lowest BCUT2D eigenvalue weighted by Gasteiger charge is -2.21. The molecule has 0 radical (unpaired) electrons. The number of carbonyl (C=O) groups excluding carboxylic acids is 1. The number of benzene rings is 1. The van der Waals surface area contributed by atoms with Gasteiger partial charge in [-0.2, -0.15) is 0 Å². The van der Waals surface area contributed by atoms with E-state index in [0.29, 0.717) is 0 Å². The summed E-state index contributed by atoms with van der Waals surface area (Å²) in [6.45, 7) is 6.29. The van der Waals surface area contributed by atoms with E-state index in [2.05, 4.69) is 46.8 Å². The van der Waals surface area contributed by atoms with Crippen molar-refractivity contribution in [2.75, 3.05) is 33.2 Å². The highest BCUT2D eigenvalue weighted by atomic mass is 16.1. The van der Waals surface area contributed by atoms with E-state index in [-0.39, 0.29) is 5.91 Å². The number of hydrogen-bond acceptors (Lipinski definition) is 3. The number of hydrogen-bond donors (Lipinski definition) is 2. The van der Waals surface area contributed by atoms with Crippen molar-refractivity contribution in [1.82, 2.24) is 15.5 Å². The van der Waals surface area contributed by atoms with Crippen LogP contribution in [0.5, 0.6) is 0 Å². The first-order chi connectivity index (χ1) is 10.2. The van der Waals surface area contributed by atoms with Gasteiger partial charge in [0.15, 0.2) is 0 Å². The number of nitrogens with one attached hydrogen (secondary N) is 2. The summed E-state index contributed by atoms with van der Waals surface area (Å²) >= 11 is 0. The van der Waals surface area contributed by atoms with E-state index in [4.69, 9.17) is 0 Å². The van der Waals surface area contributed by atoms with Crippen molar-refractivity contribution in [1.29, 1.82) is 0 Å². The number of nitrogens with zero attached hydrogens (tertiary/aromatic N) is 1. The van der Waals surface area contributed by atoms with Crippen LogP contribution in [0.3, 0.4) is 0 Å². The molecular formula is C17H25N3O. The Morgan fingerprint density at radius 3 is 2.62 bits per heavy atom. The standard InChI is InChI=1S/C17H25N3O/c1-14(16-11-18-12-16)17(21)19-9-6-10-20(2)13-15-7-4-3-5-8-15/h3-5,7-8,18H,6,9-13H2,1-2H3,(H,19,21). The highest BCUT2D eigenvalue weighted by Crippen LogP contribution is 2.08. The SMILES string of the molecule is CC(C(=O)NCCCN(C)Cc1ccccc1)=C1CNC1. The number of amides is 1. The Balaban J connectivity index is 1.62. The van der Waals surface area contributed by atoms with Crippen LogP contribution < -0.4 is 10.6 Å². The van der Waals surface area contributed by atoms with Gasteiger partial charge in [-0.05, 0) is 38.1 Å². The molecule has 0 bridgehead atoms. The predicted molar refractivity (Wildman–Crippen MR) is 86.0 cm³/mol. The molecule has 0 saturated carbocycles. The van der Waals surface area contributed by atoms with Crippen LogP contribution in [0.4, 0.5) is 0 Å². The normalized spacial score (nSPS) is 14.0. The third-order valence-corrected chi connectivity index (χ3v) is 3.85. The molecule has 2 rings (SSSR count). The second kappa shape index (κ2) is 7.96. The fourth-order valence-corrected chi connectivity index (χ4v) is 2.33. The second-order valence-electron chi connectivity index (χ2n) is 5.66. The Bertz CT molecular complexity index is 490. The summed E-state index contributed by atoms with van der Waals surface area (Å²) in [6.07, 6.45) is 0.968. The molecule has 21 heavy (non-hydrogen) atoms. The van der Waals surface area contributed by atoms with Gasteiger partial charge in [0.05, 0.1) is 0 Å². The maximum atomic E-state index is 11.9. The molecule has 1 saturated heterocycles. The largest absolute Gasteiger partial charge is 0.352 e. The van der Waals surface area contributed by atoms with E-state index in [1.165, 1.54) is 11.1 Å². The zero-order valence-electron chi connectivity index (χ0n) is 13.0. The summed E-state index contributed by atoms with van der Waals surface area (Å²) in [5, 5.41) is 6.16. The molecule has 0 spiro atoms. The smallest absolute Gasteiger partial charge is 0.246 e. The number of carbonyl (C=O) groups is 1. The molecule has 1 aliphatic heterocycles. The zero-order valence-corrected chi connectivity index (χ0v) is 13.0. The van der Waals surface area contributed by atoms with Crippen molar-refractivity contribution in [2.45, 2.75) is 19.9 Å². The lowest BCUT2D eigenvalue weighted by Crippen LogP contribution is -2.38. The van der Waals surface area contributed by atoms with Crippen LogP contribution in [0.15, 0.2) is 41.5 Å². The van der Waals surface area contributed by atoms with Crippen LogP contribution in [0.25, 0.3) is 0 Å².